The van der Waals surface area contributed by atoms with E-state index in [1.807, 2.05) is 0 Å². The second kappa shape index (κ2) is 6.34. The molecule has 23 heavy (non-hydrogen) atoms. The van der Waals surface area contributed by atoms with Crippen LogP contribution < -0.4 is 5.32 Å². The van der Waals surface area contributed by atoms with E-state index >= 15 is 0 Å². The topological polar surface area (TPSA) is 44.8 Å². The van der Waals surface area contributed by atoms with Crippen LogP contribution in [0, 0.1) is 11.3 Å². The molecule has 1 aliphatic carbocycles. The van der Waals surface area contributed by atoms with Crippen molar-refractivity contribution in [1.82, 2.24) is 15.1 Å². The van der Waals surface area contributed by atoms with Gasteiger partial charge in [0.05, 0.1) is 12.7 Å². The second-order valence-electron chi connectivity index (χ2n) is 8.10. The van der Waals surface area contributed by atoms with Crippen LogP contribution in [0.2, 0.25) is 0 Å². The molecular formula is C18H31N3O2. The lowest BCUT2D eigenvalue weighted by Crippen LogP contribution is -2.52. The summed E-state index contributed by atoms with van der Waals surface area (Å²) in [4.78, 5) is 17.6. The fourth-order valence-corrected chi connectivity index (χ4v) is 5.02. The predicted octanol–water partition coefficient (Wildman–Crippen LogP) is 1.09. The van der Waals surface area contributed by atoms with Gasteiger partial charge >= 0.3 is 0 Å². The van der Waals surface area contributed by atoms with E-state index in [-0.39, 0.29) is 0 Å². The Kier molecular flexibility index (Phi) is 4.37. The van der Waals surface area contributed by atoms with Crippen molar-refractivity contribution in [2.45, 2.75) is 51.2 Å². The van der Waals surface area contributed by atoms with Crippen LogP contribution in [0.25, 0.3) is 0 Å². The highest BCUT2D eigenvalue weighted by Gasteiger charge is 2.58. The lowest BCUT2D eigenvalue weighted by atomic mass is 9.91. The lowest BCUT2D eigenvalue weighted by molar-refractivity contribution is -0.135. The fraction of sp³-hybridized carbons (Fsp3) is 0.944. The predicted molar refractivity (Wildman–Crippen MR) is 89.2 cm³/mol. The van der Waals surface area contributed by atoms with E-state index in [2.05, 4.69) is 22.0 Å². The first-order valence-electron chi connectivity index (χ1n) is 9.53. The van der Waals surface area contributed by atoms with Crippen molar-refractivity contribution in [3.05, 3.63) is 0 Å². The minimum Gasteiger partial charge on any atom is -0.376 e. The molecule has 0 aromatic heterocycles. The Morgan fingerprint density at radius 2 is 1.91 bits per heavy atom. The Balaban J connectivity index is 1.27. The van der Waals surface area contributed by atoms with Crippen molar-refractivity contribution >= 4 is 5.91 Å². The van der Waals surface area contributed by atoms with E-state index in [4.69, 9.17) is 4.74 Å². The minimum absolute atomic E-state index is 0.338. The first kappa shape index (κ1) is 15.9. The zero-order valence-corrected chi connectivity index (χ0v) is 14.4. The summed E-state index contributed by atoms with van der Waals surface area (Å²) in [7, 11) is 0. The first-order chi connectivity index (χ1) is 11.2. The fourth-order valence-electron chi connectivity index (χ4n) is 5.02. The quantitative estimate of drug-likeness (QED) is 0.827. The zero-order chi connectivity index (χ0) is 15.9. The van der Waals surface area contributed by atoms with E-state index in [0.717, 1.165) is 65.1 Å². The molecule has 1 amide bonds. The van der Waals surface area contributed by atoms with Gasteiger partial charge in [-0.1, -0.05) is 0 Å². The van der Waals surface area contributed by atoms with Gasteiger partial charge < -0.3 is 15.0 Å². The van der Waals surface area contributed by atoms with Gasteiger partial charge in [0.1, 0.15) is 0 Å². The molecule has 0 aromatic rings. The summed E-state index contributed by atoms with van der Waals surface area (Å²) < 4.78 is 5.65. The molecule has 4 fully saturated rings. The molecule has 5 nitrogen and oxygen atoms in total. The van der Waals surface area contributed by atoms with Gasteiger partial charge in [-0.25, -0.2) is 0 Å². The van der Waals surface area contributed by atoms with Gasteiger partial charge in [0.2, 0.25) is 5.91 Å². The average molecular weight is 321 g/mol. The number of hydrogen-bond acceptors (Lipinski definition) is 4. The average Bonchev–Trinajstić information content (AvgIpc) is 3.28. The van der Waals surface area contributed by atoms with Gasteiger partial charge in [-0.3, -0.25) is 9.69 Å². The van der Waals surface area contributed by atoms with Crippen LogP contribution in [0.15, 0.2) is 0 Å². The highest BCUT2D eigenvalue weighted by molar-refractivity contribution is 5.82. The van der Waals surface area contributed by atoms with Gasteiger partial charge in [0, 0.05) is 38.1 Å². The third-order valence-electron chi connectivity index (χ3n) is 6.65. The Hall–Kier alpha value is -0.650. The summed E-state index contributed by atoms with van der Waals surface area (Å²) in [6.07, 6.45) is 6.18. The number of piperidine rings is 2. The van der Waals surface area contributed by atoms with Crippen molar-refractivity contribution in [2.75, 3.05) is 45.9 Å². The van der Waals surface area contributed by atoms with E-state index in [1.54, 1.807) is 0 Å². The largest absolute Gasteiger partial charge is 0.376 e. The van der Waals surface area contributed by atoms with Crippen molar-refractivity contribution in [3.63, 3.8) is 0 Å². The number of hydrogen-bond donors (Lipinski definition) is 1. The maximum atomic E-state index is 12.8. The third-order valence-corrected chi connectivity index (χ3v) is 6.65. The zero-order valence-electron chi connectivity index (χ0n) is 14.4. The van der Waals surface area contributed by atoms with Crippen molar-refractivity contribution in [1.29, 1.82) is 0 Å². The summed E-state index contributed by atoms with van der Waals surface area (Å²) in [6.45, 7) is 9.25. The van der Waals surface area contributed by atoms with E-state index < -0.39 is 0 Å². The van der Waals surface area contributed by atoms with Gasteiger partial charge in [-0.2, -0.15) is 0 Å². The molecule has 130 valence electrons. The summed E-state index contributed by atoms with van der Waals surface area (Å²) in [5, 5.41) is 3.42. The molecule has 2 atom stereocenters. The number of morpholine rings is 1. The van der Waals surface area contributed by atoms with Crippen LogP contribution in [0.3, 0.4) is 0 Å². The summed E-state index contributed by atoms with van der Waals surface area (Å²) in [5.74, 6) is 0.797. The van der Waals surface area contributed by atoms with Crippen LogP contribution in [0.5, 0.6) is 0 Å². The van der Waals surface area contributed by atoms with Crippen LogP contribution >= 0.6 is 0 Å². The monoisotopic (exact) mass is 321 g/mol. The van der Waals surface area contributed by atoms with Crippen LogP contribution in [0.4, 0.5) is 0 Å². The number of nitrogens with zero attached hydrogens (tertiary/aromatic N) is 2. The standard InChI is InChI=1S/C18H31N3O2/c1-14-13-21(10-11-23-14)15-2-8-20(9-3-15)17(22)16-12-18(16)4-6-19-7-5-18/h14-16,19H,2-13H2,1H3. The second-order valence-corrected chi connectivity index (χ2v) is 8.10. The highest BCUT2D eigenvalue weighted by Crippen LogP contribution is 2.59. The Bertz CT molecular complexity index is 442. The summed E-state index contributed by atoms with van der Waals surface area (Å²) in [5.41, 5.74) is 0.374. The SMILES string of the molecule is CC1CN(C2CCN(C(=O)C3CC34CCNCC4)CC2)CCO1. The van der Waals surface area contributed by atoms with E-state index in [0.29, 0.717) is 29.4 Å². The highest BCUT2D eigenvalue weighted by atomic mass is 16.5. The van der Waals surface area contributed by atoms with Gasteiger partial charge in [0.15, 0.2) is 0 Å². The molecule has 4 aliphatic rings. The van der Waals surface area contributed by atoms with Gasteiger partial charge in [0.25, 0.3) is 0 Å². The number of ether oxygens (including phenoxy) is 1. The molecule has 4 rings (SSSR count). The van der Waals surface area contributed by atoms with E-state index in [1.165, 1.54) is 12.8 Å². The van der Waals surface area contributed by atoms with E-state index in [9.17, 15) is 4.79 Å². The number of carbonyl (C=O) groups excluding carboxylic acids is 1. The number of likely N-dealkylation sites (tertiary alicyclic amines) is 1. The molecule has 0 radical (unpaired) electrons. The molecular weight excluding hydrogens is 290 g/mol. The molecule has 2 unspecified atom stereocenters. The molecule has 1 saturated carbocycles. The van der Waals surface area contributed by atoms with Crippen LogP contribution in [-0.4, -0.2) is 73.7 Å². The smallest absolute Gasteiger partial charge is 0.226 e. The maximum Gasteiger partial charge on any atom is 0.226 e. The molecule has 1 N–H and O–H groups in total. The Morgan fingerprint density at radius 1 is 1.17 bits per heavy atom. The normalized spacial score (nSPS) is 35.4. The van der Waals surface area contributed by atoms with Crippen molar-refractivity contribution < 1.29 is 9.53 Å². The molecule has 1 spiro atoms. The Morgan fingerprint density at radius 3 is 2.61 bits per heavy atom. The first-order valence-corrected chi connectivity index (χ1v) is 9.53. The number of carbonyl (C=O) groups is 1. The number of amides is 1. The van der Waals surface area contributed by atoms with Crippen LogP contribution in [0.1, 0.15) is 39.0 Å². The summed E-state index contributed by atoms with van der Waals surface area (Å²) >= 11 is 0. The van der Waals surface area contributed by atoms with Crippen molar-refractivity contribution in [3.8, 4) is 0 Å². The molecule has 3 saturated heterocycles. The summed E-state index contributed by atoms with van der Waals surface area (Å²) in [6, 6.07) is 0.650. The maximum absolute atomic E-state index is 12.8. The lowest BCUT2D eigenvalue weighted by Gasteiger charge is -2.42. The molecule has 0 aromatic carbocycles. The van der Waals surface area contributed by atoms with Gasteiger partial charge in [-0.05, 0) is 57.5 Å². The van der Waals surface area contributed by atoms with Gasteiger partial charge in [-0.15, -0.1) is 0 Å². The number of nitrogens with one attached hydrogen (secondary N) is 1. The Labute approximate surface area is 139 Å². The molecule has 0 bridgehead atoms. The van der Waals surface area contributed by atoms with Crippen molar-refractivity contribution in [2.24, 2.45) is 11.3 Å². The third kappa shape index (κ3) is 3.15. The number of rotatable bonds is 2. The molecule has 3 aliphatic heterocycles. The minimum atomic E-state index is 0.338. The van der Waals surface area contributed by atoms with Crippen LogP contribution in [-0.2, 0) is 9.53 Å². The molecule has 5 heteroatoms. The molecule has 3 heterocycles.